The van der Waals surface area contributed by atoms with Crippen molar-refractivity contribution in [3.63, 3.8) is 0 Å². The predicted octanol–water partition coefficient (Wildman–Crippen LogP) is 1.24. The average Bonchev–Trinajstić information content (AvgIpc) is 2.35. The van der Waals surface area contributed by atoms with Gasteiger partial charge < -0.3 is 14.7 Å². The van der Waals surface area contributed by atoms with Crippen LogP contribution in [0, 0.1) is 6.92 Å². The zero-order valence-corrected chi connectivity index (χ0v) is 11.8. The first-order valence-electron chi connectivity index (χ1n) is 6.58. The van der Waals surface area contributed by atoms with E-state index in [1.54, 1.807) is 4.90 Å². The van der Waals surface area contributed by atoms with E-state index in [-0.39, 0.29) is 12.5 Å². The van der Waals surface area contributed by atoms with Crippen LogP contribution in [0.3, 0.4) is 0 Å². The second-order valence-electron chi connectivity index (χ2n) is 5.49. The summed E-state index contributed by atoms with van der Waals surface area (Å²) in [6, 6.07) is 7.81. The number of carbonyl (C=O) groups excluding carboxylic acids is 1. The Hall–Kier alpha value is -1.88. The highest BCUT2D eigenvalue weighted by molar-refractivity contribution is 5.80. The van der Waals surface area contributed by atoms with E-state index in [0.29, 0.717) is 19.5 Å². The number of nitrogens with zero attached hydrogens (tertiary/aromatic N) is 1. The fourth-order valence-electron chi connectivity index (χ4n) is 2.35. The molecule has 0 aliphatic carbocycles. The number of hydrogen-bond donors (Lipinski definition) is 1. The van der Waals surface area contributed by atoms with E-state index >= 15 is 0 Å². The van der Waals surface area contributed by atoms with Crippen LogP contribution in [0.5, 0.6) is 0 Å². The molecule has 1 aliphatic heterocycles. The first-order chi connectivity index (χ1) is 9.39. The molecule has 1 amide bonds. The van der Waals surface area contributed by atoms with Gasteiger partial charge in [0.05, 0.1) is 19.5 Å². The van der Waals surface area contributed by atoms with Gasteiger partial charge in [0, 0.05) is 0 Å². The Kier molecular flexibility index (Phi) is 4.09. The molecule has 5 nitrogen and oxygen atoms in total. The van der Waals surface area contributed by atoms with Crippen LogP contribution >= 0.6 is 0 Å². The molecule has 0 atom stereocenters. The zero-order valence-electron chi connectivity index (χ0n) is 11.8. The molecular weight excluding hydrogens is 258 g/mol. The minimum atomic E-state index is -0.990. The fraction of sp³-hybridized carbons (Fsp3) is 0.467. The third kappa shape index (κ3) is 3.36. The molecular formula is C15H19NO4. The third-order valence-electron chi connectivity index (χ3n) is 3.55. The van der Waals surface area contributed by atoms with E-state index in [4.69, 9.17) is 9.84 Å². The van der Waals surface area contributed by atoms with Gasteiger partial charge in [0.25, 0.3) is 0 Å². The van der Waals surface area contributed by atoms with Gasteiger partial charge in [-0.2, -0.15) is 0 Å². The van der Waals surface area contributed by atoms with Gasteiger partial charge in [-0.3, -0.25) is 4.79 Å². The number of benzene rings is 1. The normalized spacial score (nSPS) is 16.6. The second-order valence-corrected chi connectivity index (χ2v) is 5.49. The van der Waals surface area contributed by atoms with Gasteiger partial charge in [0.2, 0.25) is 5.91 Å². The van der Waals surface area contributed by atoms with Crippen LogP contribution in [0.25, 0.3) is 0 Å². The van der Waals surface area contributed by atoms with Crippen LogP contribution in [-0.2, 0) is 20.7 Å². The maximum atomic E-state index is 12.1. The Morgan fingerprint density at radius 3 is 2.60 bits per heavy atom. The van der Waals surface area contributed by atoms with E-state index in [0.717, 1.165) is 11.1 Å². The molecule has 1 aromatic rings. The highest BCUT2D eigenvalue weighted by Crippen LogP contribution is 2.25. The monoisotopic (exact) mass is 277 g/mol. The summed E-state index contributed by atoms with van der Waals surface area (Å²) in [6.45, 7) is 4.39. The number of aliphatic carboxylic acids is 1. The number of carbonyl (C=O) groups is 2. The molecule has 0 saturated carbocycles. The van der Waals surface area contributed by atoms with Crippen molar-refractivity contribution in [3.8, 4) is 0 Å². The predicted molar refractivity (Wildman–Crippen MR) is 73.5 cm³/mol. The molecule has 108 valence electrons. The molecule has 0 spiro atoms. The molecule has 0 radical (unpaired) electrons. The number of ether oxygens (including phenoxy) is 1. The Balaban J connectivity index is 1.85. The topological polar surface area (TPSA) is 66.8 Å². The van der Waals surface area contributed by atoms with Crippen molar-refractivity contribution < 1.29 is 19.4 Å². The summed E-state index contributed by atoms with van der Waals surface area (Å²) < 4.78 is 5.29. The van der Waals surface area contributed by atoms with Gasteiger partial charge in [-0.15, -0.1) is 0 Å². The number of hydrogen-bond acceptors (Lipinski definition) is 3. The summed E-state index contributed by atoms with van der Waals surface area (Å²) in [5.74, 6) is -0.938. The summed E-state index contributed by atoms with van der Waals surface area (Å²) in [5, 5.41) is 8.59. The lowest BCUT2D eigenvalue weighted by Crippen LogP contribution is -2.63. The molecule has 2 rings (SSSR count). The summed E-state index contributed by atoms with van der Waals surface area (Å²) in [6.07, 6.45) is 0.377. The molecule has 0 bridgehead atoms. The smallest absolute Gasteiger partial charge is 0.329 e. The molecule has 20 heavy (non-hydrogen) atoms. The first kappa shape index (κ1) is 14.5. The van der Waals surface area contributed by atoms with Crippen LogP contribution in [0.1, 0.15) is 18.1 Å². The Labute approximate surface area is 118 Å². The van der Waals surface area contributed by atoms with Crippen LogP contribution in [0.4, 0.5) is 0 Å². The lowest BCUT2D eigenvalue weighted by atomic mass is 9.95. The molecule has 1 aromatic carbocycles. The Bertz CT molecular complexity index is 520. The largest absolute Gasteiger partial charge is 0.480 e. The van der Waals surface area contributed by atoms with E-state index in [1.807, 2.05) is 38.1 Å². The van der Waals surface area contributed by atoms with E-state index < -0.39 is 11.6 Å². The number of carboxylic acids is 1. The van der Waals surface area contributed by atoms with Gasteiger partial charge in [-0.05, 0) is 25.0 Å². The second kappa shape index (κ2) is 5.63. The molecule has 0 aromatic heterocycles. The van der Waals surface area contributed by atoms with E-state index in [1.165, 1.54) is 0 Å². The quantitative estimate of drug-likeness (QED) is 0.879. The maximum Gasteiger partial charge on any atom is 0.329 e. The number of carboxylic acid groups (broad SMARTS) is 1. The fourth-order valence-corrected chi connectivity index (χ4v) is 2.35. The molecule has 5 heteroatoms. The van der Waals surface area contributed by atoms with Crippen molar-refractivity contribution in [2.45, 2.75) is 25.9 Å². The van der Waals surface area contributed by atoms with Crippen molar-refractivity contribution in [2.24, 2.45) is 0 Å². The van der Waals surface area contributed by atoms with Crippen LogP contribution in [-0.4, -0.2) is 47.2 Å². The van der Waals surface area contributed by atoms with Crippen molar-refractivity contribution in [2.75, 3.05) is 19.7 Å². The third-order valence-corrected chi connectivity index (χ3v) is 3.55. The van der Waals surface area contributed by atoms with Crippen molar-refractivity contribution >= 4 is 11.9 Å². The Morgan fingerprint density at radius 2 is 2.00 bits per heavy atom. The van der Waals surface area contributed by atoms with Crippen molar-refractivity contribution in [1.82, 2.24) is 4.90 Å². The SMILES string of the molecule is Cc1ccccc1CC(=O)N1CC(C)(OCC(=O)O)C1. The number of rotatable bonds is 5. The summed E-state index contributed by atoms with van der Waals surface area (Å²) in [5.41, 5.74) is 1.60. The minimum absolute atomic E-state index is 0.0516. The standard InChI is InChI=1S/C15H19NO4/c1-11-5-3-4-6-12(11)7-13(17)16-9-15(2,10-16)20-8-14(18)19/h3-6H,7-10H2,1-2H3,(H,18,19). The number of likely N-dealkylation sites (tertiary alicyclic amines) is 1. The molecule has 1 heterocycles. The minimum Gasteiger partial charge on any atom is -0.480 e. The highest BCUT2D eigenvalue weighted by Gasteiger charge is 2.42. The van der Waals surface area contributed by atoms with Crippen LogP contribution in [0.2, 0.25) is 0 Å². The molecule has 1 fully saturated rings. The van der Waals surface area contributed by atoms with Gasteiger partial charge in [-0.25, -0.2) is 4.79 Å². The molecule has 1 saturated heterocycles. The summed E-state index contributed by atoms with van der Waals surface area (Å²) in [7, 11) is 0. The molecule has 0 unspecified atom stereocenters. The van der Waals surface area contributed by atoms with Gasteiger partial charge in [0.1, 0.15) is 12.2 Å². The highest BCUT2D eigenvalue weighted by atomic mass is 16.5. The molecule has 1 aliphatic rings. The lowest BCUT2D eigenvalue weighted by Gasteiger charge is -2.47. The van der Waals surface area contributed by atoms with Gasteiger partial charge in [-0.1, -0.05) is 24.3 Å². The van der Waals surface area contributed by atoms with Crippen LogP contribution < -0.4 is 0 Å². The lowest BCUT2D eigenvalue weighted by molar-refractivity contribution is -0.172. The maximum absolute atomic E-state index is 12.1. The van der Waals surface area contributed by atoms with Gasteiger partial charge >= 0.3 is 5.97 Å². The first-order valence-corrected chi connectivity index (χ1v) is 6.58. The van der Waals surface area contributed by atoms with Crippen molar-refractivity contribution in [1.29, 1.82) is 0 Å². The van der Waals surface area contributed by atoms with Crippen molar-refractivity contribution in [3.05, 3.63) is 35.4 Å². The number of aryl methyl sites for hydroxylation is 1. The molecule has 1 N–H and O–H groups in total. The van der Waals surface area contributed by atoms with E-state index in [9.17, 15) is 9.59 Å². The summed E-state index contributed by atoms with van der Waals surface area (Å²) in [4.78, 5) is 24.3. The Morgan fingerprint density at radius 1 is 1.35 bits per heavy atom. The zero-order chi connectivity index (χ0) is 14.8. The summed E-state index contributed by atoms with van der Waals surface area (Å²) >= 11 is 0. The van der Waals surface area contributed by atoms with Gasteiger partial charge in [0.15, 0.2) is 0 Å². The average molecular weight is 277 g/mol. The van der Waals surface area contributed by atoms with E-state index in [2.05, 4.69) is 0 Å². The van der Waals surface area contributed by atoms with Crippen LogP contribution in [0.15, 0.2) is 24.3 Å². The number of amides is 1.